The third kappa shape index (κ3) is 5.65. The lowest BCUT2D eigenvalue weighted by molar-refractivity contribution is -0.385. The predicted octanol–water partition coefficient (Wildman–Crippen LogP) is 5.97. The van der Waals surface area contributed by atoms with Gasteiger partial charge in [0, 0.05) is 35.4 Å². The molecule has 210 valence electrons. The lowest BCUT2D eigenvalue weighted by atomic mass is 10.1. The summed E-state index contributed by atoms with van der Waals surface area (Å²) in [6, 6.07) is 16.2. The van der Waals surface area contributed by atoms with Crippen molar-refractivity contribution in [3.8, 4) is 23.0 Å². The number of pyridine rings is 1. The van der Waals surface area contributed by atoms with Crippen molar-refractivity contribution in [3.05, 3.63) is 127 Å². The van der Waals surface area contributed by atoms with E-state index < -0.39 is 27.1 Å². The molecule has 0 N–H and O–H groups in total. The van der Waals surface area contributed by atoms with Gasteiger partial charge in [0.25, 0.3) is 16.9 Å². The first kappa shape index (κ1) is 27.6. The predicted molar refractivity (Wildman–Crippen MR) is 143 cm³/mol. The number of para-hydroxylation sites is 1. The normalized spacial score (nSPS) is 11.6. The van der Waals surface area contributed by atoms with Crippen LogP contribution in [-0.4, -0.2) is 30.7 Å². The van der Waals surface area contributed by atoms with Gasteiger partial charge in [0.1, 0.15) is 11.9 Å². The maximum absolute atomic E-state index is 13.4. The van der Waals surface area contributed by atoms with Crippen LogP contribution in [0.5, 0.6) is 11.6 Å². The number of non-ortho nitro benzene ring substituents is 1. The molecule has 0 bridgehead atoms. The van der Waals surface area contributed by atoms with Gasteiger partial charge in [0.15, 0.2) is 5.82 Å². The van der Waals surface area contributed by atoms with Crippen molar-refractivity contribution in [2.75, 3.05) is 0 Å². The molecule has 0 saturated heterocycles. The number of aromatic nitrogens is 3. The highest BCUT2D eigenvalue weighted by Crippen LogP contribution is 2.32. The van der Waals surface area contributed by atoms with E-state index >= 15 is 0 Å². The van der Waals surface area contributed by atoms with Crippen LogP contribution in [0.1, 0.15) is 11.1 Å². The molecule has 0 aliphatic carbocycles. The Labute approximate surface area is 232 Å². The van der Waals surface area contributed by atoms with Crippen LogP contribution in [0.2, 0.25) is 0 Å². The van der Waals surface area contributed by atoms with Crippen molar-refractivity contribution >= 4 is 28.5 Å². The fourth-order valence-corrected chi connectivity index (χ4v) is 3.87. The summed E-state index contributed by atoms with van der Waals surface area (Å²) in [5.41, 5.74) is -2.20. The molecule has 3 aromatic carbocycles. The number of hydrogen-bond donors (Lipinski definition) is 0. The second kappa shape index (κ2) is 10.9. The third-order valence-electron chi connectivity index (χ3n) is 5.86. The van der Waals surface area contributed by atoms with Gasteiger partial charge < -0.3 is 4.74 Å². The van der Waals surface area contributed by atoms with Gasteiger partial charge in [-0.2, -0.15) is 22.9 Å². The Kier molecular flexibility index (Phi) is 7.14. The molecule has 0 aliphatic rings. The average Bonchev–Trinajstić information content (AvgIpc) is 2.97. The van der Waals surface area contributed by atoms with Crippen LogP contribution in [0.25, 0.3) is 22.3 Å². The average molecular weight is 576 g/mol. The summed E-state index contributed by atoms with van der Waals surface area (Å²) < 4.78 is 46.8. The number of benzene rings is 3. The van der Waals surface area contributed by atoms with Crippen LogP contribution in [0, 0.1) is 20.2 Å². The summed E-state index contributed by atoms with van der Waals surface area (Å²) in [5, 5.41) is 26.6. The Morgan fingerprint density at radius 3 is 2.33 bits per heavy atom. The summed E-state index contributed by atoms with van der Waals surface area (Å²) in [6.07, 6.45) is -2.67. The van der Waals surface area contributed by atoms with Crippen molar-refractivity contribution in [1.29, 1.82) is 0 Å². The minimum atomic E-state index is -4.66. The molecule has 5 rings (SSSR count). The highest BCUT2D eigenvalue weighted by molar-refractivity contribution is 5.85. The van der Waals surface area contributed by atoms with E-state index in [0.717, 1.165) is 53.5 Å². The molecule has 2 aromatic heterocycles. The molecule has 0 spiro atoms. The SMILES string of the molecule is O=c1c2ccccc2nc(-c2cccc(C(F)(F)F)c2)n1N=Cc1cc([N+](=O)[O-])ccc1Oc1ccc([N+](=O)[O-])cn1. The summed E-state index contributed by atoms with van der Waals surface area (Å²) in [7, 11) is 0. The molecule has 12 nitrogen and oxygen atoms in total. The van der Waals surface area contributed by atoms with E-state index in [1.54, 1.807) is 12.1 Å². The zero-order valence-electron chi connectivity index (χ0n) is 20.9. The van der Waals surface area contributed by atoms with E-state index in [1.165, 1.54) is 30.3 Å². The van der Waals surface area contributed by atoms with Gasteiger partial charge in [-0.05, 0) is 30.3 Å². The fraction of sp³-hybridized carbons (Fsp3) is 0.0370. The molecular weight excluding hydrogens is 561 g/mol. The molecule has 42 heavy (non-hydrogen) atoms. The quantitative estimate of drug-likeness (QED) is 0.130. The molecule has 0 atom stereocenters. The van der Waals surface area contributed by atoms with Crippen molar-refractivity contribution < 1.29 is 27.8 Å². The Morgan fingerprint density at radius 2 is 1.64 bits per heavy atom. The van der Waals surface area contributed by atoms with Crippen LogP contribution in [0.3, 0.4) is 0 Å². The molecular formula is C27H15F3N6O6. The second-order valence-corrected chi connectivity index (χ2v) is 8.59. The lowest BCUT2D eigenvalue weighted by Gasteiger charge is -2.12. The summed E-state index contributed by atoms with van der Waals surface area (Å²) >= 11 is 0. The van der Waals surface area contributed by atoms with Crippen molar-refractivity contribution in [1.82, 2.24) is 14.6 Å². The van der Waals surface area contributed by atoms with Gasteiger partial charge in [0.05, 0.1) is 32.5 Å². The summed E-state index contributed by atoms with van der Waals surface area (Å²) in [5.74, 6) is -0.322. The molecule has 0 amide bonds. The Hall–Kier alpha value is -5.99. The maximum Gasteiger partial charge on any atom is 0.416 e. The van der Waals surface area contributed by atoms with E-state index in [-0.39, 0.29) is 50.9 Å². The van der Waals surface area contributed by atoms with Gasteiger partial charge in [-0.1, -0.05) is 24.3 Å². The Morgan fingerprint density at radius 1 is 0.905 bits per heavy atom. The monoisotopic (exact) mass is 576 g/mol. The van der Waals surface area contributed by atoms with Crippen molar-refractivity contribution in [2.45, 2.75) is 6.18 Å². The minimum absolute atomic E-state index is 0.0144. The number of nitro benzene ring substituents is 1. The minimum Gasteiger partial charge on any atom is -0.438 e. The van der Waals surface area contributed by atoms with Crippen molar-refractivity contribution in [2.24, 2.45) is 5.10 Å². The van der Waals surface area contributed by atoms with Crippen LogP contribution < -0.4 is 10.3 Å². The number of alkyl halides is 3. The van der Waals surface area contributed by atoms with Crippen LogP contribution in [0.4, 0.5) is 24.5 Å². The molecule has 5 aromatic rings. The van der Waals surface area contributed by atoms with Crippen LogP contribution >= 0.6 is 0 Å². The molecule has 0 aliphatic heterocycles. The van der Waals surface area contributed by atoms with Crippen LogP contribution in [-0.2, 0) is 6.18 Å². The van der Waals surface area contributed by atoms with E-state index in [2.05, 4.69) is 15.1 Å². The van der Waals surface area contributed by atoms with E-state index in [4.69, 9.17) is 4.74 Å². The van der Waals surface area contributed by atoms with Crippen molar-refractivity contribution in [3.63, 3.8) is 0 Å². The molecule has 2 heterocycles. The first-order valence-electron chi connectivity index (χ1n) is 11.8. The van der Waals surface area contributed by atoms with Gasteiger partial charge in [0.2, 0.25) is 5.88 Å². The lowest BCUT2D eigenvalue weighted by Crippen LogP contribution is -2.20. The van der Waals surface area contributed by atoms with E-state index in [1.807, 2.05) is 0 Å². The Balaban J connectivity index is 1.65. The van der Waals surface area contributed by atoms with E-state index in [9.17, 15) is 38.2 Å². The Bertz CT molecular complexity index is 1940. The highest BCUT2D eigenvalue weighted by atomic mass is 19.4. The smallest absolute Gasteiger partial charge is 0.416 e. The number of ether oxygens (including phenoxy) is 1. The van der Waals surface area contributed by atoms with Gasteiger partial charge in [-0.3, -0.25) is 25.0 Å². The van der Waals surface area contributed by atoms with E-state index in [0.29, 0.717) is 0 Å². The molecule has 0 fully saturated rings. The fourth-order valence-electron chi connectivity index (χ4n) is 3.87. The molecule has 15 heteroatoms. The maximum atomic E-state index is 13.4. The first-order chi connectivity index (χ1) is 20.0. The molecule has 0 radical (unpaired) electrons. The van der Waals surface area contributed by atoms with Gasteiger partial charge in [-0.25, -0.2) is 9.97 Å². The molecule has 0 unspecified atom stereocenters. The van der Waals surface area contributed by atoms with Gasteiger partial charge >= 0.3 is 6.18 Å². The van der Waals surface area contributed by atoms with Crippen LogP contribution in [0.15, 0.2) is 95.0 Å². The highest BCUT2D eigenvalue weighted by Gasteiger charge is 2.31. The number of nitro groups is 2. The summed E-state index contributed by atoms with van der Waals surface area (Å²) in [4.78, 5) is 42.7. The van der Waals surface area contributed by atoms with Gasteiger partial charge in [-0.15, -0.1) is 0 Å². The third-order valence-corrected chi connectivity index (χ3v) is 5.86. The largest absolute Gasteiger partial charge is 0.438 e. The number of fused-ring (bicyclic) bond motifs is 1. The molecule has 0 saturated carbocycles. The zero-order valence-corrected chi connectivity index (χ0v) is 20.9. The second-order valence-electron chi connectivity index (χ2n) is 8.59. The number of hydrogen-bond acceptors (Lipinski definition) is 9. The zero-order chi connectivity index (χ0) is 30.0. The number of rotatable bonds is 7. The number of halogens is 3. The summed E-state index contributed by atoms with van der Waals surface area (Å²) in [6.45, 7) is 0. The topological polar surface area (TPSA) is 156 Å². The number of nitrogens with zero attached hydrogens (tertiary/aromatic N) is 6. The standard InChI is InChI=1S/C27H15F3N6O6/c28-27(29,30)18-5-3-4-16(12-18)25-33-22-7-2-1-6-21(22)26(37)34(25)32-14-17-13-19(35(38)39)8-10-23(17)42-24-11-9-20(15-31-24)36(40)41/h1-15H. The first-order valence-corrected chi connectivity index (χ1v) is 11.8.